The van der Waals surface area contributed by atoms with Crippen molar-refractivity contribution in [1.29, 1.82) is 0 Å². The molecule has 0 radical (unpaired) electrons. The fourth-order valence-corrected chi connectivity index (χ4v) is 2.59. The Balaban J connectivity index is 2.00. The van der Waals surface area contributed by atoms with Crippen LogP contribution in [0.25, 0.3) is 0 Å². The Hall–Kier alpha value is -1.03. The Bertz CT molecular complexity index is 497. The fraction of sp³-hybridized carbons (Fsp3) is 0.286. The highest BCUT2D eigenvalue weighted by Gasteiger charge is 2.09. The van der Waals surface area contributed by atoms with Crippen LogP contribution in [0.3, 0.4) is 0 Å². The van der Waals surface area contributed by atoms with Crippen LogP contribution in [0.5, 0.6) is 5.75 Å². The van der Waals surface area contributed by atoms with Crippen molar-refractivity contribution in [2.75, 3.05) is 6.61 Å². The number of benzene rings is 1. The van der Waals surface area contributed by atoms with Crippen molar-refractivity contribution < 1.29 is 4.74 Å². The van der Waals surface area contributed by atoms with Gasteiger partial charge in [-0.05, 0) is 36.6 Å². The molecular weight excluding hydrogens is 266 g/mol. The summed E-state index contributed by atoms with van der Waals surface area (Å²) in [5.74, 6) is 0.825. The molecule has 1 unspecified atom stereocenters. The molecule has 2 aromatic rings. The van der Waals surface area contributed by atoms with Crippen LogP contribution in [-0.4, -0.2) is 6.61 Å². The molecule has 0 saturated heterocycles. The van der Waals surface area contributed by atoms with Gasteiger partial charge in [-0.25, -0.2) is 0 Å². The monoisotopic (exact) mass is 281 g/mol. The highest BCUT2D eigenvalue weighted by atomic mass is 35.5. The lowest BCUT2D eigenvalue weighted by Gasteiger charge is -2.14. The molecule has 1 heterocycles. The van der Waals surface area contributed by atoms with Gasteiger partial charge >= 0.3 is 0 Å². The number of thiophene rings is 1. The Morgan fingerprint density at radius 3 is 2.89 bits per heavy atom. The van der Waals surface area contributed by atoms with Crippen LogP contribution in [0.1, 0.15) is 23.4 Å². The van der Waals surface area contributed by atoms with Gasteiger partial charge in [0.25, 0.3) is 0 Å². The first kappa shape index (κ1) is 13.4. The van der Waals surface area contributed by atoms with E-state index in [1.54, 1.807) is 11.3 Å². The van der Waals surface area contributed by atoms with E-state index < -0.39 is 0 Å². The van der Waals surface area contributed by atoms with Crippen LogP contribution in [0, 0.1) is 0 Å². The molecule has 2 rings (SSSR count). The molecule has 18 heavy (non-hydrogen) atoms. The summed E-state index contributed by atoms with van der Waals surface area (Å²) in [6.07, 6.45) is 0.915. The summed E-state index contributed by atoms with van der Waals surface area (Å²) in [6.45, 7) is 2.58. The minimum atomic E-state index is -0.0829. The van der Waals surface area contributed by atoms with E-state index in [2.05, 4.69) is 17.5 Å². The number of hydrogen-bond acceptors (Lipinski definition) is 3. The zero-order chi connectivity index (χ0) is 13.0. The van der Waals surface area contributed by atoms with Gasteiger partial charge in [-0.15, -0.1) is 11.3 Å². The first-order chi connectivity index (χ1) is 8.66. The second-order valence-corrected chi connectivity index (χ2v) is 5.62. The van der Waals surface area contributed by atoms with Crippen LogP contribution in [-0.2, 0) is 6.42 Å². The fourth-order valence-electron chi connectivity index (χ4n) is 1.72. The van der Waals surface area contributed by atoms with Crippen molar-refractivity contribution in [3.63, 3.8) is 0 Å². The lowest BCUT2D eigenvalue weighted by molar-refractivity contribution is 0.318. The van der Waals surface area contributed by atoms with Crippen molar-refractivity contribution in [3.8, 4) is 5.75 Å². The highest BCUT2D eigenvalue weighted by molar-refractivity contribution is 7.09. The minimum Gasteiger partial charge on any atom is -0.493 e. The largest absolute Gasteiger partial charge is 0.493 e. The molecule has 1 aromatic heterocycles. The smallest absolute Gasteiger partial charge is 0.124 e. The molecule has 1 aromatic carbocycles. The molecule has 0 saturated carbocycles. The van der Waals surface area contributed by atoms with Gasteiger partial charge in [0.1, 0.15) is 5.75 Å². The van der Waals surface area contributed by atoms with Gasteiger partial charge in [0.15, 0.2) is 0 Å². The van der Waals surface area contributed by atoms with E-state index in [9.17, 15) is 0 Å². The van der Waals surface area contributed by atoms with Crippen LogP contribution >= 0.6 is 22.9 Å². The van der Waals surface area contributed by atoms with Crippen molar-refractivity contribution in [1.82, 2.24) is 0 Å². The van der Waals surface area contributed by atoms with Crippen molar-refractivity contribution >= 4 is 22.9 Å². The van der Waals surface area contributed by atoms with E-state index in [0.717, 1.165) is 17.7 Å². The van der Waals surface area contributed by atoms with Crippen molar-refractivity contribution in [3.05, 3.63) is 51.2 Å². The first-order valence-corrected chi connectivity index (χ1v) is 7.13. The van der Waals surface area contributed by atoms with Crippen molar-refractivity contribution in [2.24, 2.45) is 5.73 Å². The molecule has 0 aliphatic rings. The number of ether oxygens (including phenoxy) is 1. The SMILES string of the molecule is CC(N)c1cc(Cl)ccc1OCCc1cccs1. The van der Waals surface area contributed by atoms with Gasteiger partial charge < -0.3 is 10.5 Å². The van der Waals surface area contributed by atoms with Crippen LogP contribution in [0.2, 0.25) is 5.02 Å². The number of rotatable bonds is 5. The Kier molecular flexibility index (Phi) is 4.64. The number of hydrogen-bond donors (Lipinski definition) is 1. The highest BCUT2D eigenvalue weighted by Crippen LogP contribution is 2.27. The van der Waals surface area contributed by atoms with Gasteiger partial charge in [0, 0.05) is 27.9 Å². The summed E-state index contributed by atoms with van der Waals surface area (Å²) in [5, 5.41) is 2.76. The average Bonchev–Trinajstić information content (AvgIpc) is 2.84. The van der Waals surface area contributed by atoms with Gasteiger partial charge in [-0.1, -0.05) is 17.7 Å². The van der Waals surface area contributed by atoms with Gasteiger partial charge in [0.2, 0.25) is 0 Å². The maximum Gasteiger partial charge on any atom is 0.124 e. The molecule has 0 aliphatic heterocycles. The normalized spacial score (nSPS) is 12.4. The molecule has 96 valence electrons. The predicted molar refractivity (Wildman–Crippen MR) is 77.6 cm³/mol. The summed E-state index contributed by atoms with van der Waals surface area (Å²) in [5.41, 5.74) is 6.87. The van der Waals surface area contributed by atoms with Gasteiger partial charge in [-0.2, -0.15) is 0 Å². The third kappa shape index (κ3) is 3.48. The topological polar surface area (TPSA) is 35.2 Å². The summed E-state index contributed by atoms with van der Waals surface area (Å²) in [6, 6.07) is 9.66. The molecular formula is C14H16ClNOS. The molecule has 4 heteroatoms. The molecule has 0 fully saturated rings. The number of halogens is 1. The summed E-state index contributed by atoms with van der Waals surface area (Å²) < 4.78 is 5.79. The quantitative estimate of drug-likeness (QED) is 0.898. The summed E-state index contributed by atoms with van der Waals surface area (Å²) in [4.78, 5) is 1.33. The molecule has 2 nitrogen and oxygen atoms in total. The van der Waals surface area contributed by atoms with E-state index in [1.807, 2.05) is 25.1 Å². The second-order valence-electron chi connectivity index (χ2n) is 4.15. The zero-order valence-corrected chi connectivity index (χ0v) is 11.8. The zero-order valence-electron chi connectivity index (χ0n) is 10.2. The average molecular weight is 282 g/mol. The van der Waals surface area contributed by atoms with E-state index in [1.165, 1.54) is 4.88 Å². The first-order valence-electron chi connectivity index (χ1n) is 5.87. The van der Waals surface area contributed by atoms with Gasteiger partial charge in [0.05, 0.1) is 6.61 Å². The third-order valence-electron chi connectivity index (χ3n) is 2.65. The standard InChI is InChI=1S/C14H16ClNOS/c1-10(16)13-9-11(15)4-5-14(13)17-7-6-12-3-2-8-18-12/h2-5,8-10H,6-7,16H2,1H3. The van der Waals surface area contributed by atoms with Crippen LogP contribution in [0.4, 0.5) is 0 Å². The second kappa shape index (κ2) is 6.23. The maximum absolute atomic E-state index is 5.97. The van der Waals surface area contributed by atoms with E-state index >= 15 is 0 Å². The molecule has 0 bridgehead atoms. The Labute approximate surface area is 116 Å². The van der Waals surface area contributed by atoms with E-state index in [4.69, 9.17) is 22.1 Å². The molecule has 0 amide bonds. The molecule has 2 N–H and O–H groups in total. The third-order valence-corrected chi connectivity index (χ3v) is 3.82. The van der Waals surface area contributed by atoms with E-state index in [0.29, 0.717) is 11.6 Å². The summed E-state index contributed by atoms with van der Waals surface area (Å²) >= 11 is 7.71. The predicted octanol–water partition coefficient (Wildman–Crippen LogP) is 4.04. The Morgan fingerprint density at radius 2 is 2.22 bits per heavy atom. The molecule has 1 atom stereocenters. The van der Waals surface area contributed by atoms with Gasteiger partial charge in [-0.3, -0.25) is 0 Å². The molecule has 0 spiro atoms. The van der Waals surface area contributed by atoms with E-state index in [-0.39, 0.29) is 6.04 Å². The maximum atomic E-state index is 5.97. The van der Waals surface area contributed by atoms with Crippen LogP contribution < -0.4 is 10.5 Å². The van der Waals surface area contributed by atoms with Crippen LogP contribution in [0.15, 0.2) is 35.7 Å². The number of nitrogens with two attached hydrogens (primary N) is 1. The van der Waals surface area contributed by atoms with Crippen molar-refractivity contribution in [2.45, 2.75) is 19.4 Å². The molecule has 0 aliphatic carbocycles. The summed E-state index contributed by atoms with van der Waals surface area (Å²) in [7, 11) is 0. The lowest BCUT2D eigenvalue weighted by atomic mass is 10.1. The Morgan fingerprint density at radius 1 is 1.39 bits per heavy atom. The minimum absolute atomic E-state index is 0.0829. The lowest BCUT2D eigenvalue weighted by Crippen LogP contribution is -2.09.